The molecule has 4 rings (SSSR count). The predicted octanol–water partition coefficient (Wildman–Crippen LogP) is 5.98. The third-order valence-electron chi connectivity index (χ3n) is 4.42. The van der Waals surface area contributed by atoms with E-state index in [0.29, 0.717) is 34.1 Å². The van der Waals surface area contributed by atoms with Gasteiger partial charge < -0.3 is 20.1 Å². The smallest absolute Gasteiger partial charge is 0.352 e. The molecule has 0 fully saturated rings. The molecule has 0 amide bonds. The Balaban J connectivity index is 1.56. The van der Waals surface area contributed by atoms with Crippen molar-refractivity contribution >= 4 is 39.8 Å². The van der Waals surface area contributed by atoms with Gasteiger partial charge in [-0.1, -0.05) is 41.9 Å². The predicted molar refractivity (Wildman–Crippen MR) is 111 cm³/mol. The number of benzene rings is 3. The number of aromatic nitrogens is 1. The lowest BCUT2D eigenvalue weighted by Gasteiger charge is -2.12. The number of hydrogen-bond acceptors (Lipinski definition) is 3. The first kappa shape index (κ1) is 18.8. The molecule has 5 nitrogen and oxygen atoms in total. The van der Waals surface area contributed by atoms with Crippen molar-refractivity contribution in [2.45, 2.75) is 6.61 Å². The number of fused-ring (bicyclic) bond motifs is 1. The highest BCUT2D eigenvalue weighted by Crippen LogP contribution is 2.33. The Morgan fingerprint density at radius 2 is 1.90 bits per heavy atom. The van der Waals surface area contributed by atoms with Gasteiger partial charge in [0.05, 0.1) is 10.5 Å². The number of aromatic carboxylic acids is 1. The van der Waals surface area contributed by atoms with Gasteiger partial charge in [0.2, 0.25) is 0 Å². The number of halogens is 2. The van der Waals surface area contributed by atoms with Crippen molar-refractivity contribution < 1.29 is 19.0 Å². The molecule has 7 heteroatoms. The van der Waals surface area contributed by atoms with Crippen LogP contribution in [-0.2, 0) is 6.61 Å². The second-order valence-corrected chi connectivity index (χ2v) is 6.82. The number of carboxylic acid groups (broad SMARTS) is 1. The van der Waals surface area contributed by atoms with Crippen LogP contribution in [0, 0.1) is 5.82 Å². The van der Waals surface area contributed by atoms with Crippen LogP contribution in [0.5, 0.6) is 5.75 Å². The van der Waals surface area contributed by atoms with Crippen LogP contribution in [0.4, 0.5) is 15.8 Å². The number of carbonyl (C=O) groups is 1. The Morgan fingerprint density at radius 1 is 1.10 bits per heavy atom. The number of aromatic amines is 1. The number of hydrogen-bond donors (Lipinski definition) is 3. The van der Waals surface area contributed by atoms with Crippen LogP contribution < -0.4 is 10.1 Å². The van der Waals surface area contributed by atoms with Gasteiger partial charge in [-0.2, -0.15) is 0 Å². The van der Waals surface area contributed by atoms with Gasteiger partial charge in [0.15, 0.2) is 0 Å². The van der Waals surface area contributed by atoms with Crippen LogP contribution in [0.2, 0.25) is 5.02 Å². The zero-order valence-corrected chi connectivity index (χ0v) is 15.8. The van der Waals surface area contributed by atoms with Gasteiger partial charge in [-0.25, -0.2) is 9.18 Å². The van der Waals surface area contributed by atoms with E-state index >= 15 is 0 Å². The van der Waals surface area contributed by atoms with Gasteiger partial charge in [0.1, 0.15) is 23.9 Å². The van der Waals surface area contributed by atoms with Crippen LogP contribution in [0.15, 0.2) is 66.7 Å². The summed E-state index contributed by atoms with van der Waals surface area (Å²) in [5.41, 5.74) is 2.28. The molecular formula is C22H16ClFN2O3. The molecule has 0 aliphatic heterocycles. The first-order valence-corrected chi connectivity index (χ1v) is 9.17. The summed E-state index contributed by atoms with van der Waals surface area (Å²) in [6, 6.07) is 19.2. The number of rotatable bonds is 6. The van der Waals surface area contributed by atoms with Crippen molar-refractivity contribution in [1.82, 2.24) is 4.98 Å². The molecule has 0 spiro atoms. The van der Waals surface area contributed by atoms with Crippen molar-refractivity contribution in [3.05, 3.63) is 88.8 Å². The highest BCUT2D eigenvalue weighted by Gasteiger charge is 2.14. The fraction of sp³-hybridized carbons (Fsp3) is 0.0455. The maximum absolute atomic E-state index is 14.0. The fourth-order valence-corrected chi connectivity index (χ4v) is 3.23. The molecule has 1 heterocycles. The summed E-state index contributed by atoms with van der Waals surface area (Å²) in [6.45, 7) is 0.396. The summed E-state index contributed by atoms with van der Waals surface area (Å²) in [5, 5.41) is 13.2. The summed E-state index contributed by atoms with van der Waals surface area (Å²) in [7, 11) is 0. The zero-order chi connectivity index (χ0) is 20.4. The van der Waals surface area contributed by atoms with E-state index in [4.69, 9.17) is 21.4 Å². The lowest BCUT2D eigenvalue weighted by molar-refractivity contribution is 0.0691. The summed E-state index contributed by atoms with van der Waals surface area (Å²) < 4.78 is 19.8. The van der Waals surface area contributed by atoms with E-state index in [1.807, 2.05) is 30.3 Å². The Labute approximate surface area is 170 Å². The van der Waals surface area contributed by atoms with Gasteiger partial charge in [-0.3, -0.25) is 0 Å². The van der Waals surface area contributed by atoms with E-state index in [9.17, 15) is 9.18 Å². The lowest BCUT2D eigenvalue weighted by Crippen LogP contribution is -1.97. The second kappa shape index (κ2) is 7.85. The largest absolute Gasteiger partial charge is 0.487 e. The quantitative estimate of drug-likeness (QED) is 0.365. The normalized spacial score (nSPS) is 10.8. The van der Waals surface area contributed by atoms with Crippen molar-refractivity contribution in [3.63, 3.8) is 0 Å². The molecular weight excluding hydrogens is 395 g/mol. The Hall–Kier alpha value is -3.51. The number of H-pyrrole nitrogens is 1. The van der Waals surface area contributed by atoms with Crippen molar-refractivity contribution in [3.8, 4) is 5.75 Å². The molecule has 0 unspecified atom stereocenters. The number of carboxylic acids is 1. The molecule has 3 aromatic carbocycles. The van der Waals surface area contributed by atoms with Gasteiger partial charge in [-0.05, 0) is 42.0 Å². The zero-order valence-electron chi connectivity index (χ0n) is 15.1. The van der Waals surface area contributed by atoms with E-state index in [0.717, 1.165) is 5.56 Å². The summed E-state index contributed by atoms with van der Waals surface area (Å²) in [4.78, 5) is 13.8. The van der Waals surface area contributed by atoms with Crippen LogP contribution in [0.25, 0.3) is 10.9 Å². The van der Waals surface area contributed by atoms with Gasteiger partial charge in [0.25, 0.3) is 0 Å². The van der Waals surface area contributed by atoms with Gasteiger partial charge in [-0.15, -0.1) is 0 Å². The van der Waals surface area contributed by atoms with E-state index < -0.39 is 11.8 Å². The van der Waals surface area contributed by atoms with Crippen molar-refractivity contribution in [2.24, 2.45) is 0 Å². The minimum atomic E-state index is -1.16. The summed E-state index contributed by atoms with van der Waals surface area (Å²) >= 11 is 6.34. The van der Waals surface area contributed by atoms with Crippen LogP contribution >= 0.6 is 11.6 Å². The second-order valence-electron chi connectivity index (χ2n) is 6.42. The first-order chi connectivity index (χ1) is 14.0. The Bertz CT molecular complexity index is 1190. The van der Waals surface area contributed by atoms with Crippen LogP contribution in [0.1, 0.15) is 16.1 Å². The molecule has 0 saturated carbocycles. The molecule has 4 aromatic rings. The minimum absolute atomic E-state index is 0.0872. The molecule has 0 aliphatic carbocycles. The number of anilines is 2. The van der Waals surface area contributed by atoms with E-state index in [1.54, 1.807) is 24.3 Å². The third kappa shape index (κ3) is 4.02. The molecule has 146 valence electrons. The van der Waals surface area contributed by atoms with E-state index in [2.05, 4.69) is 10.3 Å². The fourth-order valence-electron chi connectivity index (χ4n) is 3.00. The molecule has 3 N–H and O–H groups in total. The van der Waals surface area contributed by atoms with E-state index in [-0.39, 0.29) is 11.2 Å². The molecule has 0 saturated heterocycles. The average Bonchev–Trinajstić information content (AvgIpc) is 3.17. The maximum Gasteiger partial charge on any atom is 0.352 e. The van der Waals surface area contributed by atoms with Crippen molar-refractivity contribution in [1.29, 1.82) is 0 Å². The SMILES string of the molecule is O=C(O)c1cc2c(Nc3ccc(OCc4ccccc4)c(Cl)c3)ccc(F)c2[nH]1. The van der Waals surface area contributed by atoms with Crippen LogP contribution in [-0.4, -0.2) is 16.1 Å². The molecule has 0 atom stereocenters. The molecule has 0 radical (unpaired) electrons. The average molecular weight is 411 g/mol. The topological polar surface area (TPSA) is 74.3 Å². The Kier molecular flexibility index (Phi) is 5.10. The summed E-state index contributed by atoms with van der Waals surface area (Å²) in [6.07, 6.45) is 0. The lowest BCUT2D eigenvalue weighted by atomic mass is 10.2. The molecule has 0 aliphatic rings. The monoisotopic (exact) mass is 410 g/mol. The van der Waals surface area contributed by atoms with E-state index in [1.165, 1.54) is 12.1 Å². The standard InChI is InChI=1S/C22H16ClFN2O3/c23-16-10-14(6-9-20(16)29-12-13-4-2-1-3-5-13)25-18-8-7-17(24)21-15(18)11-19(26-21)22(27)28/h1-11,25-26H,12H2,(H,27,28). The minimum Gasteiger partial charge on any atom is -0.487 e. The van der Waals surface area contributed by atoms with Gasteiger partial charge >= 0.3 is 5.97 Å². The molecule has 29 heavy (non-hydrogen) atoms. The molecule has 0 bridgehead atoms. The third-order valence-corrected chi connectivity index (χ3v) is 4.72. The van der Waals surface area contributed by atoms with Crippen molar-refractivity contribution in [2.75, 3.05) is 5.32 Å². The molecule has 1 aromatic heterocycles. The number of nitrogens with one attached hydrogen (secondary N) is 2. The highest BCUT2D eigenvalue weighted by molar-refractivity contribution is 6.32. The maximum atomic E-state index is 14.0. The first-order valence-electron chi connectivity index (χ1n) is 8.79. The Morgan fingerprint density at radius 3 is 2.62 bits per heavy atom. The summed E-state index contributed by atoms with van der Waals surface area (Å²) in [5.74, 6) is -1.14. The number of ether oxygens (including phenoxy) is 1. The van der Waals surface area contributed by atoms with Crippen LogP contribution in [0.3, 0.4) is 0 Å². The highest BCUT2D eigenvalue weighted by atomic mass is 35.5. The van der Waals surface area contributed by atoms with Gasteiger partial charge in [0, 0.05) is 16.8 Å².